The van der Waals surface area contributed by atoms with Crippen molar-refractivity contribution in [1.82, 2.24) is 9.78 Å². The molecule has 0 spiro atoms. The van der Waals surface area contributed by atoms with E-state index in [-0.39, 0.29) is 0 Å². The van der Waals surface area contributed by atoms with Crippen molar-refractivity contribution in [2.45, 2.75) is 12.5 Å². The lowest BCUT2D eigenvalue weighted by molar-refractivity contribution is 0.168. The van der Waals surface area contributed by atoms with E-state index >= 15 is 0 Å². The molecule has 0 aliphatic heterocycles. The van der Waals surface area contributed by atoms with E-state index in [1.807, 2.05) is 24.3 Å². The van der Waals surface area contributed by atoms with Crippen molar-refractivity contribution in [2.75, 3.05) is 0 Å². The van der Waals surface area contributed by atoms with Gasteiger partial charge in [0.2, 0.25) is 0 Å². The molecule has 1 aromatic heterocycles. The average Bonchev–Trinajstić information content (AvgIpc) is 2.58. The Bertz CT molecular complexity index is 507. The number of nitrogens with zero attached hydrogens (tertiary/aromatic N) is 2. The Labute approximate surface area is 113 Å². The predicted octanol–water partition coefficient (Wildman–Crippen LogP) is 3.11. The first-order valence-corrected chi connectivity index (χ1v) is 6.35. The monoisotopic (exact) mass is 314 g/mol. The Hall–Kier alpha value is -0.840. The molecule has 5 heteroatoms. The van der Waals surface area contributed by atoms with Gasteiger partial charge in [0.1, 0.15) is 6.10 Å². The fourth-order valence-electron chi connectivity index (χ4n) is 1.78. The van der Waals surface area contributed by atoms with E-state index in [0.717, 1.165) is 10.0 Å². The highest BCUT2D eigenvalue weighted by Gasteiger charge is 2.16. The maximum Gasteiger partial charge on any atom is 0.101 e. The molecule has 0 radical (unpaired) electrons. The van der Waals surface area contributed by atoms with E-state index in [1.165, 1.54) is 0 Å². The van der Waals surface area contributed by atoms with E-state index in [0.29, 0.717) is 17.1 Å². The van der Waals surface area contributed by atoms with E-state index < -0.39 is 6.10 Å². The third-order valence-corrected chi connectivity index (χ3v) is 3.36. The number of aliphatic hydroxyl groups is 1. The number of halogens is 2. The van der Waals surface area contributed by atoms with Crippen LogP contribution >= 0.6 is 27.5 Å². The Kier molecular flexibility index (Phi) is 3.86. The Balaban J connectivity index is 2.20. The van der Waals surface area contributed by atoms with Crippen LogP contribution in [0.4, 0.5) is 0 Å². The average molecular weight is 316 g/mol. The molecule has 2 aromatic rings. The number of hydrogen-bond donors (Lipinski definition) is 1. The summed E-state index contributed by atoms with van der Waals surface area (Å²) in [5, 5.41) is 14.7. The SMILES string of the molecule is Cn1ncc(Cl)c1C(O)Cc1cccc(Br)c1. The highest BCUT2D eigenvalue weighted by atomic mass is 79.9. The molecule has 1 atom stereocenters. The van der Waals surface area contributed by atoms with Crippen LogP contribution in [0, 0.1) is 0 Å². The highest BCUT2D eigenvalue weighted by molar-refractivity contribution is 9.10. The van der Waals surface area contributed by atoms with Crippen LogP contribution in [0.1, 0.15) is 17.4 Å². The maximum atomic E-state index is 10.2. The molecule has 1 heterocycles. The summed E-state index contributed by atoms with van der Waals surface area (Å²) < 4.78 is 2.60. The molecule has 90 valence electrons. The van der Waals surface area contributed by atoms with E-state index in [2.05, 4.69) is 21.0 Å². The number of hydrogen-bond acceptors (Lipinski definition) is 2. The second-order valence-electron chi connectivity index (χ2n) is 3.85. The molecule has 0 aliphatic carbocycles. The van der Waals surface area contributed by atoms with Crippen molar-refractivity contribution in [3.63, 3.8) is 0 Å². The van der Waals surface area contributed by atoms with Crippen LogP contribution in [0.5, 0.6) is 0 Å². The van der Waals surface area contributed by atoms with Crippen molar-refractivity contribution in [2.24, 2.45) is 7.05 Å². The number of rotatable bonds is 3. The molecule has 0 saturated carbocycles. The van der Waals surface area contributed by atoms with Crippen LogP contribution in [0.2, 0.25) is 5.02 Å². The Morgan fingerprint density at radius 3 is 2.88 bits per heavy atom. The third kappa shape index (κ3) is 2.89. The number of aryl methyl sites for hydroxylation is 1. The van der Waals surface area contributed by atoms with Crippen LogP contribution in [0.3, 0.4) is 0 Å². The van der Waals surface area contributed by atoms with Gasteiger partial charge >= 0.3 is 0 Å². The zero-order valence-corrected chi connectivity index (χ0v) is 11.6. The van der Waals surface area contributed by atoms with E-state index in [4.69, 9.17) is 11.6 Å². The fourth-order valence-corrected chi connectivity index (χ4v) is 2.52. The van der Waals surface area contributed by atoms with Crippen molar-refractivity contribution < 1.29 is 5.11 Å². The summed E-state index contributed by atoms with van der Waals surface area (Å²) in [5.74, 6) is 0. The maximum absolute atomic E-state index is 10.2. The topological polar surface area (TPSA) is 38.0 Å². The largest absolute Gasteiger partial charge is 0.386 e. The van der Waals surface area contributed by atoms with Gasteiger partial charge in [0.15, 0.2) is 0 Å². The molecule has 0 saturated heterocycles. The van der Waals surface area contributed by atoms with Crippen molar-refractivity contribution in [3.05, 3.63) is 51.2 Å². The number of aromatic nitrogens is 2. The van der Waals surface area contributed by atoms with E-state index in [1.54, 1.807) is 17.9 Å². The van der Waals surface area contributed by atoms with Crippen molar-refractivity contribution in [1.29, 1.82) is 0 Å². The van der Waals surface area contributed by atoms with Gasteiger partial charge in [-0.3, -0.25) is 4.68 Å². The molecular weight excluding hydrogens is 304 g/mol. The lowest BCUT2D eigenvalue weighted by Gasteiger charge is -2.12. The van der Waals surface area contributed by atoms with Crippen LogP contribution in [0.25, 0.3) is 0 Å². The molecule has 1 N–H and O–H groups in total. The van der Waals surface area contributed by atoms with Crippen LogP contribution < -0.4 is 0 Å². The molecule has 3 nitrogen and oxygen atoms in total. The summed E-state index contributed by atoms with van der Waals surface area (Å²) in [5.41, 5.74) is 1.69. The normalized spacial score (nSPS) is 12.7. The molecule has 1 unspecified atom stereocenters. The van der Waals surface area contributed by atoms with Crippen LogP contribution in [-0.2, 0) is 13.5 Å². The van der Waals surface area contributed by atoms with Gasteiger partial charge < -0.3 is 5.11 Å². The third-order valence-electron chi connectivity index (χ3n) is 2.57. The lowest BCUT2D eigenvalue weighted by atomic mass is 10.1. The highest BCUT2D eigenvalue weighted by Crippen LogP contribution is 2.25. The molecule has 0 fully saturated rings. The Morgan fingerprint density at radius 1 is 1.53 bits per heavy atom. The number of aliphatic hydroxyl groups excluding tert-OH is 1. The molecule has 2 rings (SSSR count). The zero-order valence-electron chi connectivity index (χ0n) is 9.27. The van der Waals surface area contributed by atoms with Gasteiger partial charge in [-0.05, 0) is 17.7 Å². The van der Waals surface area contributed by atoms with Gasteiger partial charge in [-0.15, -0.1) is 0 Å². The first-order valence-electron chi connectivity index (χ1n) is 5.18. The first-order chi connectivity index (χ1) is 8.08. The molecule has 17 heavy (non-hydrogen) atoms. The summed E-state index contributed by atoms with van der Waals surface area (Å²) >= 11 is 9.39. The van der Waals surface area contributed by atoms with Gasteiger partial charge in [-0.25, -0.2) is 0 Å². The second-order valence-corrected chi connectivity index (χ2v) is 5.17. The summed E-state index contributed by atoms with van der Waals surface area (Å²) in [6.45, 7) is 0. The summed E-state index contributed by atoms with van der Waals surface area (Å²) in [4.78, 5) is 0. The second kappa shape index (κ2) is 5.21. The Morgan fingerprint density at radius 2 is 2.29 bits per heavy atom. The summed E-state index contributed by atoms with van der Waals surface area (Å²) in [6.07, 6.45) is 1.41. The molecule has 0 amide bonds. The first kappa shape index (κ1) is 12.6. The van der Waals surface area contributed by atoms with Crippen LogP contribution in [0.15, 0.2) is 34.9 Å². The lowest BCUT2D eigenvalue weighted by Crippen LogP contribution is -2.08. The van der Waals surface area contributed by atoms with Crippen molar-refractivity contribution >= 4 is 27.5 Å². The zero-order chi connectivity index (χ0) is 12.4. The smallest absolute Gasteiger partial charge is 0.101 e. The minimum atomic E-state index is -0.649. The molecule has 1 aromatic carbocycles. The van der Waals surface area contributed by atoms with Crippen molar-refractivity contribution in [3.8, 4) is 0 Å². The minimum absolute atomic E-state index is 0.495. The molecule has 0 bridgehead atoms. The molecular formula is C12H12BrClN2O. The fraction of sp³-hybridized carbons (Fsp3) is 0.250. The standard InChI is InChI=1S/C12H12BrClN2O/c1-16-12(10(14)7-15-16)11(17)6-8-3-2-4-9(13)5-8/h2-5,7,11,17H,6H2,1H3. The van der Waals surface area contributed by atoms with Gasteiger partial charge in [-0.1, -0.05) is 39.7 Å². The number of benzene rings is 1. The predicted molar refractivity (Wildman–Crippen MR) is 71.0 cm³/mol. The van der Waals surface area contributed by atoms with Gasteiger partial charge in [-0.2, -0.15) is 5.10 Å². The minimum Gasteiger partial charge on any atom is -0.386 e. The summed E-state index contributed by atoms with van der Waals surface area (Å²) in [7, 11) is 1.77. The van der Waals surface area contributed by atoms with Crippen LogP contribution in [-0.4, -0.2) is 14.9 Å². The van der Waals surface area contributed by atoms with E-state index in [9.17, 15) is 5.11 Å². The summed E-state index contributed by atoms with van der Waals surface area (Å²) in [6, 6.07) is 7.84. The van der Waals surface area contributed by atoms with Gasteiger partial charge in [0, 0.05) is 17.9 Å². The quantitative estimate of drug-likeness (QED) is 0.945. The van der Waals surface area contributed by atoms with Gasteiger partial charge in [0.05, 0.1) is 16.9 Å². The van der Waals surface area contributed by atoms with Gasteiger partial charge in [0.25, 0.3) is 0 Å². The molecule has 0 aliphatic rings.